The van der Waals surface area contributed by atoms with E-state index in [1.807, 2.05) is 6.92 Å². The average Bonchev–Trinajstić information content (AvgIpc) is 2.75. The van der Waals surface area contributed by atoms with Crippen LogP contribution in [-0.2, 0) is 4.84 Å². The van der Waals surface area contributed by atoms with Gasteiger partial charge in [0.25, 0.3) is 0 Å². The summed E-state index contributed by atoms with van der Waals surface area (Å²) in [5.74, 6) is 0. The molecule has 1 heterocycles. The van der Waals surface area contributed by atoms with Crippen molar-refractivity contribution in [3.8, 4) is 0 Å². The Morgan fingerprint density at radius 2 is 1.94 bits per heavy atom. The lowest BCUT2D eigenvalue weighted by Crippen LogP contribution is -2.03. The van der Waals surface area contributed by atoms with Crippen LogP contribution in [-0.4, -0.2) is 11.8 Å². The first kappa shape index (κ1) is 9.40. The summed E-state index contributed by atoms with van der Waals surface area (Å²) in [6.07, 6.45) is 1.10. The summed E-state index contributed by atoms with van der Waals surface area (Å²) in [5.41, 5.74) is 2.26. The van der Waals surface area contributed by atoms with Gasteiger partial charge in [-0.3, -0.25) is 0 Å². The molecule has 1 aliphatic heterocycles. The van der Waals surface area contributed by atoms with Gasteiger partial charge in [-0.2, -0.15) is 0 Å². The van der Waals surface area contributed by atoms with Crippen molar-refractivity contribution in [3.05, 3.63) is 48.0 Å². The molecule has 0 bridgehead atoms. The van der Waals surface area contributed by atoms with E-state index in [1.54, 1.807) is 0 Å². The van der Waals surface area contributed by atoms with Crippen LogP contribution < -0.4 is 0 Å². The minimum atomic E-state index is 0.203. The maximum absolute atomic E-state index is 5.26. The van der Waals surface area contributed by atoms with Crippen LogP contribution in [0, 0.1) is 0 Å². The third-order valence-electron chi connectivity index (χ3n) is 2.92. The Morgan fingerprint density at radius 1 is 1.12 bits per heavy atom. The average molecular weight is 211 g/mol. The molecule has 2 aromatic rings. The van der Waals surface area contributed by atoms with Crippen LogP contribution in [0.25, 0.3) is 10.8 Å². The molecule has 0 saturated carbocycles. The summed E-state index contributed by atoms with van der Waals surface area (Å²) in [4.78, 5) is 5.26. The molecule has 0 N–H and O–H groups in total. The zero-order valence-electron chi connectivity index (χ0n) is 9.18. The molecule has 0 aliphatic carbocycles. The van der Waals surface area contributed by atoms with Crippen LogP contribution in [0.3, 0.4) is 0 Å². The van der Waals surface area contributed by atoms with E-state index in [2.05, 4.69) is 47.6 Å². The lowest BCUT2D eigenvalue weighted by molar-refractivity contribution is 0.0995. The highest BCUT2D eigenvalue weighted by Crippen LogP contribution is 2.23. The molecule has 0 saturated heterocycles. The molecule has 0 radical (unpaired) electrons. The number of fused-ring (bicyclic) bond motifs is 1. The van der Waals surface area contributed by atoms with E-state index in [9.17, 15) is 0 Å². The summed E-state index contributed by atoms with van der Waals surface area (Å²) < 4.78 is 0. The molecule has 80 valence electrons. The van der Waals surface area contributed by atoms with Crippen LogP contribution in [0.2, 0.25) is 0 Å². The second kappa shape index (κ2) is 3.63. The highest BCUT2D eigenvalue weighted by atomic mass is 16.6. The van der Waals surface area contributed by atoms with Crippen LogP contribution in [0.1, 0.15) is 18.9 Å². The van der Waals surface area contributed by atoms with E-state index in [0.29, 0.717) is 0 Å². The zero-order chi connectivity index (χ0) is 11.0. The van der Waals surface area contributed by atoms with Gasteiger partial charge in [-0.1, -0.05) is 47.6 Å². The van der Waals surface area contributed by atoms with Crippen LogP contribution in [0.5, 0.6) is 0 Å². The van der Waals surface area contributed by atoms with Crippen LogP contribution in [0.15, 0.2) is 47.6 Å². The van der Waals surface area contributed by atoms with Gasteiger partial charge >= 0.3 is 0 Å². The van der Waals surface area contributed by atoms with E-state index in [1.165, 1.54) is 16.3 Å². The Balaban J connectivity index is 2.17. The SMILES string of the molecule is CC1CC(c2cccc3ccccc23)=NO1. The molecular formula is C14H13NO. The normalized spacial score (nSPS) is 19.6. The van der Waals surface area contributed by atoms with Crippen molar-refractivity contribution in [1.82, 2.24) is 0 Å². The van der Waals surface area contributed by atoms with Crippen molar-refractivity contribution in [2.75, 3.05) is 0 Å². The molecule has 0 aromatic heterocycles. The topological polar surface area (TPSA) is 21.6 Å². The third-order valence-corrected chi connectivity index (χ3v) is 2.92. The monoisotopic (exact) mass is 211 g/mol. The Kier molecular flexibility index (Phi) is 2.13. The van der Waals surface area contributed by atoms with Crippen molar-refractivity contribution in [1.29, 1.82) is 0 Å². The Morgan fingerprint density at radius 3 is 2.75 bits per heavy atom. The van der Waals surface area contributed by atoms with Gasteiger partial charge in [-0.05, 0) is 17.7 Å². The molecule has 2 nitrogen and oxygen atoms in total. The van der Waals surface area contributed by atoms with E-state index in [4.69, 9.17) is 4.84 Å². The summed E-state index contributed by atoms with van der Waals surface area (Å²) in [6.45, 7) is 2.04. The highest BCUT2D eigenvalue weighted by molar-refractivity contribution is 6.11. The number of hydrogen-bond acceptors (Lipinski definition) is 2. The first-order chi connectivity index (χ1) is 7.84. The van der Waals surface area contributed by atoms with E-state index < -0.39 is 0 Å². The molecule has 2 aromatic carbocycles. The zero-order valence-corrected chi connectivity index (χ0v) is 9.18. The van der Waals surface area contributed by atoms with Gasteiger partial charge in [0.2, 0.25) is 0 Å². The molecule has 1 aliphatic rings. The minimum Gasteiger partial charge on any atom is -0.392 e. The van der Waals surface area contributed by atoms with Gasteiger partial charge < -0.3 is 4.84 Å². The van der Waals surface area contributed by atoms with Crippen molar-refractivity contribution >= 4 is 16.5 Å². The molecule has 3 rings (SSSR count). The van der Waals surface area contributed by atoms with E-state index in [-0.39, 0.29) is 6.10 Å². The Hall–Kier alpha value is -1.83. The Labute approximate surface area is 94.5 Å². The first-order valence-electron chi connectivity index (χ1n) is 5.55. The van der Waals surface area contributed by atoms with Crippen molar-refractivity contribution in [3.63, 3.8) is 0 Å². The molecule has 1 atom stereocenters. The largest absolute Gasteiger partial charge is 0.392 e. The fraction of sp³-hybridized carbons (Fsp3) is 0.214. The maximum atomic E-state index is 5.26. The number of rotatable bonds is 1. The van der Waals surface area contributed by atoms with Gasteiger partial charge in [0.05, 0.1) is 5.71 Å². The molecule has 0 amide bonds. The number of hydrogen-bond donors (Lipinski definition) is 0. The van der Waals surface area contributed by atoms with Crippen LogP contribution in [0.4, 0.5) is 0 Å². The van der Waals surface area contributed by atoms with Gasteiger partial charge in [0, 0.05) is 12.0 Å². The molecule has 1 unspecified atom stereocenters. The number of nitrogens with zero attached hydrogens (tertiary/aromatic N) is 1. The van der Waals surface area contributed by atoms with Crippen molar-refractivity contribution in [2.24, 2.45) is 5.16 Å². The predicted octanol–water partition coefficient (Wildman–Crippen LogP) is 3.35. The van der Waals surface area contributed by atoms with Gasteiger partial charge in [0.1, 0.15) is 6.10 Å². The maximum Gasteiger partial charge on any atom is 0.130 e. The lowest BCUT2D eigenvalue weighted by atomic mass is 9.98. The smallest absolute Gasteiger partial charge is 0.130 e. The summed E-state index contributed by atoms with van der Waals surface area (Å²) >= 11 is 0. The lowest BCUT2D eigenvalue weighted by Gasteiger charge is -2.04. The minimum absolute atomic E-state index is 0.203. The summed E-state index contributed by atoms with van der Waals surface area (Å²) in [7, 11) is 0. The van der Waals surface area contributed by atoms with E-state index >= 15 is 0 Å². The first-order valence-corrected chi connectivity index (χ1v) is 5.55. The fourth-order valence-corrected chi connectivity index (χ4v) is 2.14. The van der Waals surface area contributed by atoms with Crippen LogP contribution >= 0.6 is 0 Å². The number of oxime groups is 1. The van der Waals surface area contributed by atoms with Gasteiger partial charge in [0.15, 0.2) is 0 Å². The van der Waals surface area contributed by atoms with Crippen molar-refractivity contribution in [2.45, 2.75) is 19.4 Å². The molecule has 16 heavy (non-hydrogen) atoms. The molecule has 0 spiro atoms. The standard InChI is InChI=1S/C14H13NO/c1-10-9-14(15-16-10)13-8-4-6-11-5-2-3-7-12(11)13/h2-8,10H,9H2,1H3. The third kappa shape index (κ3) is 1.47. The van der Waals surface area contributed by atoms with E-state index in [0.717, 1.165) is 12.1 Å². The second-order valence-electron chi connectivity index (χ2n) is 4.18. The fourth-order valence-electron chi connectivity index (χ4n) is 2.14. The summed E-state index contributed by atoms with van der Waals surface area (Å²) in [6, 6.07) is 14.7. The van der Waals surface area contributed by atoms with Crippen molar-refractivity contribution < 1.29 is 4.84 Å². The highest BCUT2D eigenvalue weighted by Gasteiger charge is 2.18. The second-order valence-corrected chi connectivity index (χ2v) is 4.18. The molecular weight excluding hydrogens is 198 g/mol. The van der Waals surface area contributed by atoms with Gasteiger partial charge in [-0.15, -0.1) is 0 Å². The quantitative estimate of drug-likeness (QED) is 0.708. The van der Waals surface area contributed by atoms with Gasteiger partial charge in [-0.25, -0.2) is 0 Å². The molecule has 0 fully saturated rings. The number of benzene rings is 2. The Bertz CT molecular complexity index is 554. The molecule has 2 heteroatoms. The predicted molar refractivity (Wildman–Crippen MR) is 65.6 cm³/mol. The summed E-state index contributed by atoms with van der Waals surface area (Å²) in [5, 5.41) is 6.66.